The first-order valence-corrected chi connectivity index (χ1v) is 6.98. The van der Waals surface area contributed by atoms with Crippen LogP contribution < -0.4 is 10.9 Å². The number of amides is 1. The van der Waals surface area contributed by atoms with Crippen LogP contribution in [0, 0.1) is 13.8 Å². The van der Waals surface area contributed by atoms with Crippen molar-refractivity contribution in [3.63, 3.8) is 0 Å². The van der Waals surface area contributed by atoms with Crippen LogP contribution >= 0.6 is 27.5 Å². The highest BCUT2D eigenvalue weighted by atomic mass is 79.9. The van der Waals surface area contributed by atoms with Crippen LogP contribution in [0.1, 0.15) is 21.7 Å². The molecule has 0 saturated heterocycles. The number of hydrogen-bond acceptors (Lipinski definition) is 6. The van der Waals surface area contributed by atoms with Crippen molar-refractivity contribution in [2.24, 2.45) is 0 Å². The molecule has 0 aliphatic heterocycles. The third-order valence-electron chi connectivity index (χ3n) is 2.65. The molecule has 0 aliphatic rings. The highest BCUT2D eigenvalue weighted by Crippen LogP contribution is 2.31. The summed E-state index contributed by atoms with van der Waals surface area (Å²) < 4.78 is 0.569. The maximum Gasteiger partial charge on any atom is 0.273 e. The second-order valence-corrected chi connectivity index (χ2v) is 5.49. The zero-order valence-corrected chi connectivity index (χ0v) is 13.4. The van der Waals surface area contributed by atoms with E-state index in [1.807, 2.05) is 0 Å². The van der Waals surface area contributed by atoms with Gasteiger partial charge in [0, 0.05) is 4.47 Å². The molecular formula is C12H11BrClN5O2. The summed E-state index contributed by atoms with van der Waals surface area (Å²) in [6.45, 7) is 3.55. The number of phenolic OH excluding ortho intramolecular Hbond substituents is 1. The standard InChI is InChI=1S/C12H11BrClN5O2/c1-5-6(2)16-18-12(15-5)19-17-11(21)8-3-7(13)4-9(14)10(8)20/h3-4,20H,1-2H3,(H,17,21)(H,15,18,19). The summed E-state index contributed by atoms with van der Waals surface area (Å²) in [6.07, 6.45) is 0. The predicted octanol–water partition coefficient (Wildman–Crippen LogP) is 2.37. The van der Waals surface area contributed by atoms with Crippen molar-refractivity contribution >= 4 is 39.4 Å². The van der Waals surface area contributed by atoms with Crippen molar-refractivity contribution in [2.45, 2.75) is 13.8 Å². The van der Waals surface area contributed by atoms with Crippen LogP contribution in [0.2, 0.25) is 5.02 Å². The Morgan fingerprint density at radius 1 is 1.29 bits per heavy atom. The number of rotatable bonds is 3. The summed E-state index contributed by atoms with van der Waals surface area (Å²) in [5.74, 6) is -0.747. The fourth-order valence-corrected chi connectivity index (χ4v) is 2.24. The summed E-state index contributed by atoms with van der Waals surface area (Å²) >= 11 is 9.00. The summed E-state index contributed by atoms with van der Waals surface area (Å²) in [5, 5.41) is 17.5. The molecule has 9 heteroatoms. The van der Waals surface area contributed by atoms with Crippen LogP contribution in [0.3, 0.4) is 0 Å². The second-order valence-electron chi connectivity index (χ2n) is 4.17. The average molecular weight is 373 g/mol. The molecule has 0 fully saturated rings. The van der Waals surface area contributed by atoms with Crippen LogP contribution in [-0.4, -0.2) is 26.2 Å². The molecule has 1 aromatic heterocycles. The van der Waals surface area contributed by atoms with E-state index in [1.165, 1.54) is 12.1 Å². The topological polar surface area (TPSA) is 100 Å². The van der Waals surface area contributed by atoms with Crippen molar-refractivity contribution in [3.8, 4) is 5.75 Å². The number of nitrogens with one attached hydrogen (secondary N) is 2. The Bertz CT molecular complexity index is 710. The second kappa shape index (κ2) is 6.23. The predicted molar refractivity (Wildman–Crippen MR) is 81.2 cm³/mol. The summed E-state index contributed by atoms with van der Waals surface area (Å²) in [4.78, 5) is 16.1. The molecule has 3 N–H and O–H groups in total. The number of halogens is 2. The number of hydrazine groups is 1. The van der Waals surface area contributed by atoms with Gasteiger partial charge in [0.15, 0.2) is 0 Å². The van der Waals surface area contributed by atoms with Gasteiger partial charge in [0.2, 0.25) is 0 Å². The first-order chi connectivity index (χ1) is 9.88. The molecule has 0 saturated carbocycles. The quantitative estimate of drug-likeness (QED) is 0.715. The van der Waals surface area contributed by atoms with Crippen LogP contribution in [0.15, 0.2) is 16.6 Å². The van der Waals surface area contributed by atoms with Crippen molar-refractivity contribution in [3.05, 3.63) is 38.6 Å². The molecule has 110 valence electrons. The van der Waals surface area contributed by atoms with Gasteiger partial charge in [-0.2, -0.15) is 5.10 Å². The van der Waals surface area contributed by atoms with Crippen LogP contribution in [0.4, 0.5) is 5.95 Å². The minimum absolute atomic E-state index is 0.0127. The Morgan fingerprint density at radius 3 is 2.67 bits per heavy atom. The molecule has 7 nitrogen and oxygen atoms in total. The number of hydrogen-bond donors (Lipinski definition) is 3. The molecule has 1 aromatic carbocycles. The van der Waals surface area contributed by atoms with Crippen molar-refractivity contribution < 1.29 is 9.90 Å². The van der Waals surface area contributed by atoms with Gasteiger partial charge >= 0.3 is 0 Å². The molecule has 2 aromatic rings. The van der Waals surface area contributed by atoms with E-state index in [1.54, 1.807) is 13.8 Å². The molecule has 0 bridgehead atoms. The van der Waals surface area contributed by atoms with Gasteiger partial charge in [-0.15, -0.1) is 5.10 Å². The number of aryl methyl sites for hydroxylation is 2. The number of phenols is 1. The number of aromatic nitrogens is 3. The van der Waals surface area contributed by atoms with Gasteiger partial charge in [-0.3, -0.25) is 15.6 Å². The van der Waals surface area contributed by atoms with Gasteiger partial charge in [0.1, 0.15) is 5.75 Å². The number of benzene rings is 1. The van der Waals surface area contributed by atoms with Gasteiger partial charge in [0.05, 0.1) is 22.0 Å². The number of carbonyl (C=O) groups is 1. The van der Waals surface area contributed by atoms with E-state index < -0.39 is 5.91 Å². The fourth-order valence-electron chi connectivity index (χ4n) is 1.43. The molecule has 1 heterocycles. The molecule has 0 atom stereocenters. The van der Waals surface area contributed by atoms with Crippen LogP contribution in [-0.2, 0) is 0 Å². The number of anilines is 1. The lowest BCUT2D eigenvalue weighted by Crippen LogP contribution is -2.30. The van der Waals surface area contributed by atoms with E-state index in [2.05, 4.69) is 42.0 Å². The monoisotopic (exact) mass is 371 g/mol. The number of carbonyl (C=O) groups excluding carboxylic acids is 1. The molecule has 0 unspecified atom stereocenters. The van der Waals surface area contributed by atoms with Crippen LogP contribution in [0.25, 0.3) is 0 Å². The van der Waals surface area contributed by atoms with Crippen LogP contribution in [0.5, 0.6) is 5.75 Å². The van der Waals surface area contributed by atoms with E-state index in [0.717, 1.165) is 0 Å². The Labute approximate surface area is 133 Å². The third kappa shape index (κ3) is 3.59. The smallest absolute Gasteiger partial charge is 0.273 e. The highest BCUT2D eigenvalue weighted by Gasteiger charge is 2.15. The van der Waals surface area contributed by atoms with Crippen molar-refractivity contribution in [1.29, 1.82) is 0 Å². The fraction of sp³-hybridized carbons (Fsp3) is 0.167. The third-order valence-corrected chi connectivity index (χ3v) is 3.40. The van der Waals surface area contributed by atoms with E-state index in [-0.39, 0.29) is 22.3 Å². The Hall–Kier alpha value is -1.93. The van der Waals surface area contributed by atoms with Crippen molar-refractivity contribution in [1.82, 2.24) is 20.6 Å². The van der Waals surface area contributed by atoms with Gasteiger partial charge in [0.25, 0.3) is 11.9 Å². The van der Waals surface area contributed by atoms with E-state index in [9.17, 15) is 9.90 Å². The SMILES string of the molecule is Cc1nnc(NNC(=O)c2cc(Br)cc(Cl)c2O)nc1C. The van der Waals surface area contributed by atoms with Gasteiger partial charge in [-0.05, 0) is 26.0 Å². The first kappa shape index (κ1) is 15.5. The summed E-state index contributed by atoms with van der Waals surface area (Å²) in [6, 6.07) is 2.93. The maximum absolute atomic E-state index is 12.0. The van der Waals surface area contributed by atoms with E-state index >= 15 is 0 Å². The lowest BCUT2D eigenvalue weighted by Gasteiger charge is -2.09. The lowest BCUT2D eigenvalue weighted by atomic mass is 10.2. The lowest BCUT2D eigenvalue weighted by molar-refractivity contribution is 0.0959. The molecular weight excluding hydrogens is 362 g/mol. The van der Waals surface area contributed by atoms with Gasteiger partial charge in [-0.1, -0.05) is 27.5 Å². The highest BCUT2D eigenvalue weighted by molar-refractivity contribution is 9.10. The van der Waals surface area contributed by atoms with Crippen molar-refractivity contribution in [2.75, 3.05) is 5.43 Å². The molecule has 0 spiro atoms. The zero-order chi connectivity index (χ0) is 15.6. The molecule has 0 aliphatic carbocycles. The molecule has 0 radical (unpaired) electrons. The molecule has 21 heavy (non-hydrogen) atoms. The zero-order valence-electron chi connectivity index (χ0n) is 11.1. The van der Waals surface area contributed by atoms with E-state index in [4.69, 9.17) is 11.6 Å². The minimum atomic E-state index is -0.586. The molecule has 1 amide bonds. The summed E-state index contributed by atoms with van der Waals surface area (Å²) in [5.41, 5.74) is 6.29. The van der Waals surface area contributed by atoms with E-state index in [0.29, 0.717) is 15.9 Å². The molecule has 2 rings (SSSR count). The number of nitrogens with zero attached hydrogens (tertiary/aromatic N) is 3. The average Bonchev–Trinajstić information content (AvgIpc) is 2.43. The maximum atomic E-state index is 12.0. The van der Waals surface area contributed by atoms with Gasteiger partial charge < -0.3 is 5.11 Å². The minimum Gasteiger partial charge on any atom is -0.506 e. The number of aromatic hydroxyl groups is 1. The summed E-state index contributed by atoms with van der Waals surface area (Å²) in [7, 11) is 0. The first-order valence-electron chi connectivity index (χ1n) is 5.80. The Balaban J connectivity index is 2.13. The van der Waals surface area contributed by atoms with Gasteiger partial charge in [-0.25, -0.2) is 4.98 Å². The largest absolute Gasteiger partial charge is 0.506 e. The normalized spacial score (nSPS) is 10.3. The Kier molecular flexibility index (Phi) is 4.59. The Morgan fingerprint density at radius 2 is 2.00 bits per heavy atom.